The van der Waals surface area contributed by atoms with Gasteiger partial charge < -0.3 is 20.1 Å². The van der Waals surface area contributed by atoms with Crippen molar-refractivity contribution < 1.29 is 14.6 Å². The summed E-state index contributed by atoms with van der Waals surface area (Å²) in [7, 11) is 0. The van der Waals surface area contributed by atoms with E-state index < -0.39 is 5.91 Å². The number of phenolic OH excluding ortho intramolecular Hbond substituents is 1. The van der Waals surface area contributed by atoms with Crippen LogP contribution in [0.2, 0.25) is 0 Å². The van der Waals surface area contributed by atoms with Crippen molar-refractivity contribution >= 4 is 27.7 Å². The quantitative estimate of drug-likeness (QED) is 0.406. The molecule has 0 bridgehead atoms. The standard InChI is InChI=1S/C26H20N2O3/c27-26(30)19-11-6-12-20-24(19)25-21(13-7-14-22(25)29)28(20)16-17-8-4-5-15-23(17)31-18-9-2-1-3-10-18/h1-15,29H,16H2,(H2,27,30). The van der Waals surface area contributed by atoms with Crippen LogP contribution in [0.1, 0.15) is 15.9 Å². The third-order valence-electron chi connectivity index (χ3n) is 5.43. The molecule has 0 aliphatic carbocycles. The van der Waals surface area contributed by atoms with E-state index in [9.17, 15) is 9.90 Å². The highest BCUT2D eigenvalue weighted by Gasteiger charge is 2.19. The molecule has 5 aromatic rings. The second kappa shape index (κ2) is 7.54. The van der Waals surface area contributed by atoms with Crippen LogP contribution in [0.15, 0.2) is 91.0 Å². The van der Waals surface area contributed by atoms with Crippen molar-refractivity contribution in [2.24, 2.45) is 5.73 Å². The number of amides is 1. The van der Waals surface area contributed by atoms with Gasteiger partial charge >= 0.3 is 0 Å². The number of para-hydroxylation sites is 2. The van der Waals surface area contributed by atoms with Gasteiger partial charge in [0.15, 0.2) is 0 Å². The van der Waals surface area contributed by atoms with Crippen LogP contribution in [0, 0.1) is 0 Å². The number of aromatic hydroxyl groups is 1. The topological polar surface area (TPSA) is 77.5 Å². The molecule has 1 aromatic heterocycles. The number of rotatable bonds is 5. The van der Waals surface area contributed by atoms with E-state index in [1.165, 1.54) is 0 Å². The van der Waals surface area contributed by atoms with Crippen LogP contribution in [0.4, 0.5) is 0 Å². The van der Waals surface area contributed by atoms with Crippen molar-refractivity contribution in [3.8, 4) is 17.2 Å². The Morgan fingerprint density at radius 2 is 1.48 bits per heavy atom. The predicted octanol–water partition coefficient (Wildman–Crippen LogP) is 5.44. The Labute approximate surface area is 178 Å². The van der Waals surface area contributed by atoms with E-state index in [0.29, 0.717) is 22.9 Å². The molecular formula is C26H20N2O3. The monoisotopic (exact) mass is 408 g/mol. The van der Waals surface area contributed by atoms with Crippen LogP contribution in [-0.4, -0.2) is 15.6 Å². The molecule has 1 heterocycles. The molecule has 5 rings (SSSR count). The van der Waals surface area contributed by atoms with Crippen molar-refractivity contribution in [1.82, 2.24) is 4.57 Å². The van der Waals surface area contributed by atoms with Gasteiger partial charge in [-0.3, -0.25) is 4.79 Å². The molecule has 4 aromatic carbocycles. The lowest BCUT2D eigenvalue weighted by Crippen LogP contribution is -2.11. The second-order valence-corrected chi connectivity index (χ2v) is 7.34. The number of aromatic nitrogens is 1. The minimum absolute atomic E-state index is 0.115. The van der Waals surface area contributed by atoms with Gasteiger partial charge in [-0.05, 0) is 42.5 Å². The number of fused-ring (bicyclic) bond motifs is 3. The lowest BCUT2D eigenvalue weighted by molar-refractivity contribution is 0.100. The fraction of sp³-hybridized carbons (Fsp3) is 0.0385. The van der Waals surface area contributed by atoms with Crippen LogP contribution in [-0.2, 0) is 6.54 Å². The molecule has 0 unspecified atom stereocenters. The zero-order chi connectivity index (χ0) is 21.4. The molecule has 0 saturated heterocycles. The summed E-state index contributed by atoms with van der Waals surface area (Å²) in [6.07, 6.45) is 0. The van der Waals surface area contributed by atoms with Crippen molar-refractivity contribution in [1.29, 1.82) is 0 Å². The number of primary amides is 1. The zero-order valence-electron chi connectivity index (χ0n) is 16.7. The number of hydrogen-bond donors (Lipinski definition) is 2. The Morgan fingerprint density at radius 3 is 2.26 bits per heavy atom. The van der Waals surface area contributed by atoms with E-state index in [2.05, 4.69) is 4.57 Å². The first kappa shape index (κ1) is 18.8. The number of ether oxygens (including phenoxy) is 1. The second-order valence-electron chi connectivity index (χ2n) is 7.34. The molecule has 0 atom stereocenters. The van der Waals surface area contributed by atoms with Gasteiger partial charge in [0.2, 0.25) is 5.91 Å². The maximum atomic E-state index is 12.1. The van der Waals surface area contributed by atoms with Crippen molar-refractivity contribution in [2.45, 2.75) is 6.54 Å². The van der Waals surface area contributed by atoms with Crippen LogP contribution < -0.4 is 10.5 Å². The number of benzene rings is 4. The molecule has 3 N–H and O–H groups in total. The summed E-state index contributed by atoms with van der Waals surface area (Å²) >= 11 is 0. The first-order valence-electron chi connectivity index (χ1n) is 9.97. The maximum absolute atomic E-state index is 12.1. The SMILES string of the molecule is NC(=O)c1cccc2c1c1c(O)cccc1n2Cc1ccccc1Oc1ccccc1. The number of phenols is 1. The third kappa shape index (κ3) is 3.26. The Bertz CT molecular complexity index is 1420. The van der Waals surface area contributed by atoms with Gasteiger partial charge in [0.05, 0.1) is 23.0 Å². The average molecular weight is 408 g/mol. The van der Waals surface area contributed by atoms with Crippen molar-refractivity contribution in [2.75, 3.05) is 0 Å². The van der Waals surface area contributed by atoms with E-state index in [-0.39, 0.29) is 5.75 Å². The Hall–Kier alpha value is -4.25. The molecule has 31 heavy (non-hydrogen) atoms. The van der Waals surface area contributed by atoms with E-state index >= 15 is 0 Å². The minimum Gasteiger partial charge on any atom is -0.507 e. The summed E-state index contributed by atoms with van der Waals surface area (Å²) in [5, 5.41) is 11.9. The molecule has 0 saturated carbocycles. The molecule has 0 spiro atoms. The number of hydrogen-bond acceptors (Lipinski definition) is 3. The van der Waals surface area contributed by atoms with E-state index in [0.717, 1.165) is 28.1 Å². The summed E-state index contributed by atoms with van der Waals surface area (Å²) in [5.74, 6) is 1.09. The Morgan fingerprint density at radius 1 is 0.806 bits per heavy atom. The van der Waals surface area contributed by atoms with Gasteiger partial charge in [-0.1, -0.05) is 48.5 Å². The smallest absolute Gasteiger partial charge is 0.249 e. The fourth-order valence-corrected chi connectivity index (χ4v) is 4.06. The summed E-state index contributed by atoms with van der Waals surface area (Å²) in [5.41, 5.74) is 8.64. The Kier molecular flexibility index (Phi) is 4.56. The molecule has 5 heteroatoms. The minimum atomic E-state index is -0.527. The highest BCUT2D eigenvalue weighted by Crippen LogP contribution is 2.38. The zero-order valence-corrected chi connectivity index (χ0v) is 16.7. The van der Waals surface area contributed by atoms with E-state index in [4.69, 9.17) is 10.5 Å². The molecule has 5 nitrogen and oxygen atoms in total. The first-order chi connectivity index (χ1) is 15.1. The lowest BCUT2D eigenvalue weighted by Gasteiger charge is -2.13. The lowest BCUT2D eigenvalue weighted by atomic mass is 10.1. The fourth-order valence-electron chi connectivity index (χ4n) is 4.06. The maximum Gasteiger partial charge on any atom is 0.249 e. The molecule has 0 fully saturated rings. The van der Waals surface area contributed by atoms with Crippen LogP contribution in [0.25, 0.3) is 21.8 Å². The van der Waals surface area contributed by atoms with Crippen LogP contribution >= 0.6 is 0 Å². The number of nitrogens with two attached hydrogens (primary N) is 1. The summed E-state index contributed by atoms with van der Waals surface area (Å²) in [4.78, 5) is 12.1. The summed E-state index contributed by atoms with van der Waals surface area (Å²) in [6.45, 7) is 0.495. The molecule has 152 valence electrons. The van der Waals surface area contributed by atoms with Crippen molar-refractivity contribution in [3.63, 3.8) is 0 Å². The highest BCUT2D eigenvalue weighted by molar-refractivity contribution is 6.19. The molecular weight excluding hydrogens is 388 g/mol. The summed E-state index contributed by atoms with van der Waals surface area (Å²) < 4.78 is 8.20. The van der Waals surface area contributed by atoms with Crippen molar-refractivity contribution in [3.05, 3.63) is 102 Å². The van der Waals surface area contributed by atoms with Gasteiger partial charge in [0, 0.05) is 16.5 Å². The predicted molar refractivity (Wildman–Crippen MR) is 122 cm³/mol. The summed E-state index contributed by atoms with van der Waals surface area (Å²) in [6, 6.07) is 28.2. The molecule has 0 aliphatic rings. The largest absolute Gasteiger partial charge is 0.507 e. The molecule has 0 aliphatic heterocycles. The number of carbonyl (C=O) groups excluding carboxylic acids is 1. The third-order valence-corrected chi connectivity index (χ3v) is 5.43. The van der Waals surface area contributed by atoms with Gasteiger partial charge in [0.25, 0.3) is 0 Å². The molecule has 0 radical (unpaired) electrons. The van der Waals surface area contributed by atoms with Gasteiger partial charge in [-0.25, -0.2) is 0 Å². The van der Waals surface area contributed by atoms with Gasteiger partial charge in [0.1, 0.15) is 17.2 Å². The van der Waals surface area contributed by atoms with E-state index in [1.807, 2.05) is 66.7 Å². The highest BCUT2D eigenvalue weighted by atomic mass is 16.5. The van der Waals surface area contributed by atoms with Gasteiger partial charge in [-0.2, -0.15) is 0 Å². The average Bonchev–Trinajstić information content (AvgIpc) is 3.10. The van der Waals surface area contributed by atoms with Crippen LogP contribution in [0.3, 0.4) is 0 Å². The normalized spacial score (nSPS) is 11.1. The number of carbonyl (C=O) groups is 1. The van der Waals surface area contributed by atoms with Gasteiger partial charge in [-0.15, -0.1) is 0 Å². The van der Waals surface area contributed by atoms with E-state index in [1.54, 1.807) is 24.3 Å². The van der Waals surface area contributed by atoms with Crippen LogP contribution in [0.5, 0.6) is 17.2 Å². The Balaban J connectivity index is 1.70. The first-order valence-corrected chi connectivity index (χ1v) is 9.97. The molecule has 1 amide bonds. The number of nitrogens with zero attached hydrogens (tertiary/aromatic N) is 1.